The van der Waals surface area contributed by atoms with E-state index in [9.17, 15) is 0 Å². The first-order chi connectivity index (χ1) is 9.86. The Morgan fingerprint density at radius 2 is 2.15 bits per heavy atom. The maximum Gasteiger partial charge on any atom is 0.231 e. The number of rotatable bonds is 6. The lowest BCUT2D eigenvalue weighted by Gasteiger charge is -2.16. The molecule has 0 saturated heterocycles. The molecule has 2 aromatic rings. The van der Waals surface area contributed by atoms with E-state index in [1.54, 1.807) is 6.26 Å². The van der Waals surface area contributed by atoms with Crippen molar-refractivity contribution in [1.29, 1.82) is 0 Å². The Labute approximate surface area is 122 Å². The highest BCUT2D eigenvalue weighted by Crippen LogP contribution is 2.34. The molecule has 1 aliphatic heterocycles. The maximum absolute atomic E-state index is 5.43. The normalized spacial score (nSPS) is 14.4. The summed E-state index contributed by atoms with van der Waals surface area (Å²) in [6, 6.07) is 10.3. The number of hydrogen-bond acceptors (Lipinski definition) is 5. The molecule has 0 fully saturated rings. The summed E-state index contributed by atoms with van der Waals surface area (Å²) >= 11 is 1.84. The Morgan fingerprint density at radius 3 is 2.95 bits per heavy atom. The summed E-state index contributed by atoms with van der Waals surface area (Å²) in [5.74, 6) is 4.52. The zero-order valence-electron chi connectivity index (χ0n) is 11.3. The molecule has 3 rings (SSSR count). The van der Waals surface area contributed by atoms with E-state index in [2.05, 4.69) is 17.4 Å². The van der Waals surface area contributed by atoms with Gasteiger partial charge in [0.05, 0.1) is 12.0 Å². The maximum atomic E-state index is 5.43. The molecule has 106 valence electrons. The predicted molar refractivity (Wildman–Crippen MR) is 79.2 cm³/mol. The van der Waals surface area contributed by atoms with Crippen molar-refractivity contribution < 1.29 is 13.9 Å². The molecule has 1 N–H and O–H groups in total. The topological polar surface area (TPSA) is 43.6 Å². The third-order valence-electron chi connectivity index (χ3n) is 3.26. The second-order valence-electron chi connectivity index (χ2n) is 4.55. The molecule has 1 aromatic heterocycles. The number of fused-ring (bicyclic) bond motifs is 1. The highest BCUT2D eigenvalue weighted by Gasteiger charge is 2.17. The van der Waals surface area contributed by atoms with Gasteiger partial charge in [-0.1, -0.05) is 6.07 Å². The molecule has 0 aliphatic carbocycles. The van der Waals surface area contributed by atoms with Crippen molar-refractivity contribution in [2.75, 3.05) is 19.6 Å². The van der Waals surface area contributed by atoms with Crippen LogP contribution in [0.4, 0.5) is 0 Å². The largest absolute Gasteiger partial charge is 0.468 e. The molecule has 4 nitrogen and oxygen atoms in total. The minimum Gasteiger partial charge on any atom is -0.468 e. The average Bonchev–Trinajstić information content (AvgIpc) is 3.13. The van der Waals surface area contributed by atoms with E-state index in [1.165, 1.54) is 5.56 Å². The second-order valence-corrected chi connectivity index (χ2v) is 5.58. The van der Waals surface area contributed by atoms with Crippen LogP contribution in [0.3, 0.4) is 0 Å². The number of ether oxygens (including phenoxy) is 2. The fourth-order valence-corrected chi connectivity index (χ4v) is 3.23. The van der Waals surface area contributed by atoms with Crippen molar-refractivity contribution in [3.8, 4) is 11.5 Å². The van der Waals surface area contributed by atoms with Gasteiger partial charge in [0.1, 0.15) is 5.76 Å². The van der Waals surface area contributed by atoms with Crippen molar-refractivity contribution in [2.24, 2.45) is 0 Å². The highest BCUT2D eigenvalue weighted by molar-refractivity contribution is 7.98. The van der Waals surface area contributed by atoms with Gasteiger partial charge < -0.3 is 19.2 Å². The number of nitrogens with one attached hydrogen (secondary N) is 1. The van der Waals surface area contributed by atoms with Gasteiger partial charge in [-0.05, 0) is 36.9 Å². The summed E-state index contributed by atoms with van der Waals surface area (Å²) in [5, 5.41) is 3.34. The molecule has 1 aromatic carbocycles. The van der Waals surface area contributed by atoms with E-state index >= 15 is 0 Å². The first kappa shape index (κ1) is 13.4. The summed E-state index contributed by atoms with van der Waals surface area (Å²) in [6.07, 6.45) is 1.71. The SMILES string of the molecule is CNC(CSCc1ccco1)c1ccc2c(c1)OCO2. The van der Waals surface area contributed by atoms with E-state index in [0.717, 1.165) is 28.8 Å². The van der Waals surface area contributed by atoms with E-state index in [1.807, 2.05) is 37.0 Å². The van der Waals surface area contributed by atoms with Gasteiger partial charge in [-0.25, -0.2) is 0 Å². The third-order valence-corrected chi connectivity index (χ3v) is 4.31. The standard InChI is InChI=1S/C15H17NO3S/c1-16-13(9-20-8-12-3-2-6-17-12)11-4-5-14-15(7-11)19-10-18-14/h2-7,13,16H,8-10H2,1H3. The van der Waals surface area contributed by atoms with Crippen LogP contribution in [0.15, 0.2) is 41.0 Å². The van der Waals surface area contributed by atoms with E-state index < -0.39 is 0 Å². The molecule has 0 amide bonds. The first-order valence-electron chi connectivity index (χ1n) is 6.54. The molecule has 0 bridgehead atoms. The smallest absolute Gasteiger partial charge is 0.231 e. The van der Waals surface area contributed by atoms with Gasteiger partial charge in [-0.15, -0.1) is 0 Å². The van der Waals surface area contributed by atoms with E-state index in [0.29, 0.717) is 6.79 Å². The molecule has 1 unspecified atom stereocenters. The van der Waals surface area contributed by atoms with Crippen LogP contribution in [0.25, 0.3) is 0 Å². The monoisotopic (exact) mass is 291 g/mol. The molecule has 1 aliphatic rings. The van der Waals surface area contributed by atoms with Crippen LogP contribution < -0.4 is 14.8 Å². The minimum atomic E-state index is 0.282. The summed E-state index contributed by atoms with van der Waals surface area (Å²) < 4.78 is 16.1. The highest BCUT2D eigenvalue weighted by atomic mass is 32.2. The fourth-order valence-electron chi connectivity index (χ4n) is 2.15. The van der Waals surface area contributed by atoms with Gasteiger partial charge in [0, 0.05) is 11.8 Å². The number of benzene rings is 1. The summed E-state index contributed by atoms with van der Waals surface area (Å²) in [5.41, 5.74) is 1.21. The van der Waals surface area contributed by atoms with Gasteiger partial charge in [-0.3, -0.25) is 0 Å². The van der Waals surface area contributed by atoms with Crippen LogP contribution >= 0.6 is 11.8 Å². The Morgan fingerprint density at radius 1 is 1.25 bits per heavy atom. The van der Waals surface area contributed by atoms with E-state index in [4.69, 9.17) is 13.9 Å². The minimum absolute atomic E-state index is 0.282. The van der Waals surface area contributed by atoms with Gasteiger partial charge in [0.2, 0.25) is 6.79 Å². The van der Waals surface area contributed by atoms with Crippen LogP contribution in [0, 0.1) is 0 Å². The Bertz CT molecular complexity index is 556. The van der Waals surface area contributed by atoms with Crippen LogP contribution in [0.1, 0.15) is 17.4 Å². The molecular weight excluding hydrogens is 274 g/mol. The summed E-state index contributed by atoms with van der Waals surface area (Å²) in [4.78, 5) is 0. The lowest BCUT2D eigenvalue weighted by molar-refractivity contribution is 0.174. The van der Waals surface area contributed by atoms with Crippen molar-refractivity contribution in [3.05, 3.63) is 47.9 Å². The van der Waals surface area contributed by atoms with Crippen LogP contribution in [-0.4, -0.2) is 19.6 Å². The number of hydrogen-bond donors (Lipinski definition) is 1. The van der Waals surface area contributed by atoms with E-state index in [-0.39, 0.29) is 6.04 Å². The van der Waals surface area contributed by atoms with Crippen LogP contribution in [0.2, 0.25) is 0 Å². The summed E-state index contributed by atoms with van der Waals surface area (Å²) in [6.45, 7) is 0.316. The summed E-state index contributed by atoms with van der Waals surface area (Å²) in [7, 11) is 1.97. The lowest BCUT2D eigenvalue weighted by atomic mass is 10.1. The molecule has 0 spiro atoms. The molecule has 2 heterocycles. The zero-order chi connectivity index (χ0) is 13.8. The lowest BCUT2D eigenvalue weighted by Crippen LogP contribution is -2.18. The van der Waals surface area contributed by atoms with Crippen molar-refractivity contribution >= 4 is 11.8 Å². The van der Waals surface area contributed by atoms with Crippen molar-refractivity contribution in [2.45, 2.75) is 11.8 Å². The molecular formula is C15H17NO3S. The molecule has 20 heavy (non-hydrogen) atoms. The Balaban J connectivity index is 1.61. The predicted octanol–water partition coefficient (Wildman–Crippen LogP) is 3.20. The fraction of sp³-hybridized carbons (Fsp3) is 0.333. The molecule has 0 radical (unpaired) electrons. The van der Waals surface area contributed by atoms with Crippen LogP contribution in [-0.2, 0) is 5.75 Å². The second kappa shape index (κ2) is 6.24. The zero-order valence-corrected chi connectivity index (χ0v) is 12.1. The van der Waals surface area contributed by atoms with Gasteiger partial charge in [-0.2, -0.15) is 11.8 Å². The Hall–Kier alpha value is -1.59. The quantitative estimate of drug-likeness (QED) is 0.885. The van der Waals surface area contributed by atoms with Crippen molar-refractivity contribution in [1.82, 2.24) is 5.32 Å². The number of furan rings is 1. The average molecular weight is 291 g/mol. The third kappa shape index (κ3) is 2.94. The van der Waals surface area contributed by atoms with Gasteiger partial charge in [0.15, 0.2) is 11.5 Å². The van der Waals surface area contributed by atoms with Gasteiger partial charge in [0.25, 0.3) is 0 Å². The van der Waals surface area contributed by atoms with Gasteiger partial charge >= 0.3 is 0 Å². The van der Waals surface area contributed by atoms with Crippen LogP contribution in [0.5, 0.6) is 11.5 Å². The molecule has 0 saturated carbocycles. The number of thioether (sulfide) groups is 1. The molecule has 1 atom stereocenters. The molecule has 5 heteroatoms. The first-order valence-corrected chi connectivity index (χ1v) is 7.69. The Kier molecular flexibility index (Phi) is 4.18. The van der Waals surface area contributed by atoms with Crippen molar-refractivity contribution in [3.63, 3.8) is 0 Å².